The van der Waals surface area contributed by atoms with Crippen LogP contribution >= 0.6 is 0 Å². The minimum Gasteiger partial charge on any atom is -0.380 e. The molecular formula is C14H24N2O2. The van der Waals surface area contributed by atoms with Gasteiger partial charge in [-0.1, -0.05) is 20.3 Å². The van der Waals surface area contributed by atoms with E-state index in [0.29, 0.717) is 11.4 Å². The summed E-state index contributed by atoms with van der Waals surface area (Å²) >= 11 is 0. The van der Waals surface area contributed by atoms with Crippen molar-refractivity contribution in [3.8, 4) is 0 Å². The van der Waals surface area contributed by atoms with Gasteiger partial charge in [-0.15, -0.1) is 0 Å². The van der Waals surface area contributed by atoms with Crippen molar-refractivity contribution in [2.24, 2.45) is 5.92 Å². The molecule has 1 saturated heterocycles. The molecule has 18 heavy (non-hydrogen) atoms. The highest BCUT2D eigenvalue weighted by Crippen LogP contribution is 2.25. The fourth-order valence-electron chi connectivity index (χ4n) is 2.47. The highest BCUT2D eigenvalue weighted by Gasteiger charge is 2.27. The second-order valence-corrected chi connectivity index (χ2v) is 5.33. The normalized spacial score (nSPS) is 17.3. The van der Waals surface area contributed by atoms with Crippen LogP contribution in [0, 0.1) is 5.92 Å². The van der Waals surface area contributed by atoms with Crippen molar-refractivity contribution in [2.45, 2.75) is 39.5 Å². The molecule has 0 aliphatic carbocycles. The van der Waals surface area contributed by atoms with Crippen molar-refractivity contribution in [1.82, 2.24) is 0 Å². The van der Waals surface area contributed by atoms with Crippen molar-refractivity contribution in [2.75, 3.05) is 29.9 Å². The maximum atomic E-state index is 11.7. The zero-order valence-corrected chi connectivity index (χ0v) is 11.3. The monoisotopic (exact) mass is 252 g/mol. The first-order valence-electron chi connectivity index (χ1n) is 6.97. The smallest absolute Gasteiger partial charge is 0.253 e. The Hall–Kier alpha value is -1.32. The van der Waals surface area contributed by atoms with Gasteiger partial charge in [0.05, 0.1) is 0 Å². The van der Waals surface area contributed by atoms with Crippen LogP contribution in [0.3, 0.4) is 0 Å². The molecule has 1 heterocycles. The summed E-state index contributed by atoms with van der Waals surface area (Å²) < 4.78 is 0. The Morgan fingerprint density at radius 2 is 1.94 bits per heavy atom. The summed E-state index contributed by atoms with van der Waals surface area (Å²) in [4.78, 5) is 25.4. The van der Waals surface area contributed by atoms with Crippen molar-refractivity contribution in [3.63, 3.8) is 0 Å². The molecule has 0 radical (unpaired) electrons. The van der Waals surface area contributed by atoms with Gasteiger partial charge in [0.25, 0.3) is 10.9 Å². The Bertz CT molecular complexity index is 472. The van der Waals surface area contributed by atoms with Gasteiger partial charge in [0.1, 0.15) is 11.4 Å². The third kappa shape index (κ3) is 2.42. The van der Waals surface area contributed by atoms with Gasteiger partial charge in [0, 0.05) is 21.1 Å². The van der Waals surface area contributed by atoms with E-state index >= 15 is 0 Å². The van der Waals surface area contributed by atoms with Crippen LogP contribution < -0.4 is 21.1 Å². The van der Waals surface area contributed by atoms with E-state index in [0.717, 1.165) is 51.2 Å². The number of anilines is 2. The van der Waals surface area contributed by atoms with E-state index in [9.17, 15) is 9.59 Å². The van der Waals surface area contributed by atoms with E-state index in [1.165, 1.54) is 0 Å². The molecule has 4 nitrogen and oxygen atoms in total. The molecule has 2 rings (SSSR count). The van der Waals surface area contributed by atoms with Crippen LogP contribution in [-0.2, 0) is 0 Å². The lowest BCUT2D eigenvalue weighted by molar-refractivity contribution is 0.437. The Balaban J connectivity index is 0.00000180. The number of piperidine rings is 1. The van der Waals surface area contributed by atoms with Gasteiger partial charge in [-0.2, -0.15) is 0 Å². The second-order valence-electron chi connectivity index (χ2n) is 5.33. The van der Waals surface area contributed by atoms with Crippen LogP contribution in [0.1, 0.15) is 41.0 Å². The van der Waals surface area contributed by atoms with Crippen LogP contribution in [0.4, 0.5) is 11.4 Å². The number of hydrogen-bond donors (Lipinski definition) is 1. The largest absolute Gasteiger partial charge is 0.380 e. The summed E-state index contributed by atoms with van der Waals surface area (Å²) in [7, 11) is 0. The Morgan fingerprint density at radius 3 is 2.56 bits per heavy atom. The molecule has 1 fully saturated rings. The first kappa shape index (κ1) is 13.1. The standard InChI is InChI=1S/C14H22N2O2.H2/c1-3-4-7-15-11-12(14(18)13(11)17)16-8-5-10(2)6-9-16;/h10,15H,3-9H2,1-2H3;1H. The first-order chi connectivity index (χ1) is 8.65. The van der Waals surface area contributed by atoms with Crippen molar-refractivity contribution in [3.05, 3.63) is 20.4 Å². The molecule has 1 aliphatic heterocycles. The lowest BCUT2D eigenvalue weighted by atomic mass is 9.98. The van der Waals surface area contributed by atoms with Gasteiger partial charge in [-0.3, -0.25) is 9.59 Å². The molecule has 0 saturated carbocycles. The molecule has 0 atom stereocenters. The quantitative estimate of drug-likeness (QED) is 0.643. The zero-order valence-electron chi connectivity index (χ0n) is 11.3. The van der Waals surface area contributed by atoms with E-state index in [1.807, 2.05) is 0 Å². The lowest BCUT2D eigenvalue weighted by Crippen LogP contribution is -2.45. The van der Waals surface area contributed by atoms with E-state index in [2.05, 4.69) is 24.1 Å². The van der Waals surface area contributed by atoms with Gasteiger partial charge in [-0.05, 0) is 25.2 Å². The van der Waals surface area contributed by atoms with Crippen molar-refractivity contribution < 1.29 is 1.43 Å². The van der Waals surface area contributed by atoms with Gasteiger partial charge in [-0.25, -0.2) is 0 Å². The molecule has 102 valence electrons. The number of nitrogens with one attached hydrogen (secondary N) is 1. The molecule has 4 heteroatoms. The molecule has 0 spiro atoms. The number of nitrogens with zero attached hydrogens (tertiary/aromatic N) is 1. The lowest BCUT2D eigenvalue weighted by Gasteiger charge is -2.33. The summed E-state index contributed by atoms with van der Waals surface area (Å²) in [6.07, 6.45) is 4.31. The number of hydrogen-bond acceptors (Lipinski definition) is 4. The molecule has 0 bridgehead atoms. The van der Waals surface area contributed by atoms with E-state index < -0.39 is 0 Å². The van der Waals surface area contributed by atoms with Gasteiger partial charge < -0.3 is 10.2 Å². The van der Waals surface area contributed by atoms with Crippen LogP contribution in [0.15, 0.2) is 9.59 Å². The summed E-state index contributed by atoms with van der Waals surface area (Å²) in [6, 6.07) is 0. The SMILES string of the molecule is CCCCNc1c(N2CCC(C)CC2)c(=O)c1=O.[HH]. The summed E-state index contributed by atoms with van der Waals surface area (Å²) in [6.45, 7) is 6.91. The number of rotatable bonds is 5. The summed E-state index contributed by atoms with van der Waals surface area (Å²) in [5.41, 5.74) is 0.564. The van der Waals surface area contributed by atoms with Crippen molar-refractivity contribution in [1.29, 1.82) is 0 Å². The van der Waals surface area contributed by atoms with E-state index in [-0.39, 0.29) is 12.3 Å². The van der Waals surface area contributed by atoms with Gasteiger partial charge in [0.15, 0.2) is 0 Å². The molecule has 1 aromatic carbocycles. The Kier molecular flexibility index (Phi) is 4.04. The van der Waals surface area contributed by atoms with Crippen molar-refractivity contribution >= 4 is 11.4 Å². The Morgan fingerprint density at radius 1 is 1.28 bits per heavy atom. The van der Waals surface area contributed by atoms with Crippen LogP contribution in [0.2, 0.25) is 0 Å². The second kappa shape index (κ2) is 5.55. The Labute approximate surface area is 109 Å². The highest BCUT2D eigenvalue weighted by molar-refractivity contribution is 5.75. The van der Waals surface area contributed by atoms with E-state index in [1.54, 1.807) is 0 Å². The number of unbranched alkanes of at least 4 members (excludes halogenated alkanes) is 1. The molecule has 1 aromatic rings. The maximum absolute atomic E-state index is 11.7. The van der Waals surface area contributed by atoms with E-state index in [4.69, 9.17) is 0 Å². The van der Waals surface area contributed by atoms with Gasteiger partial charge >= 0.3 is 0 Å². The third-order valence-electron chi connectivity index (χ3n) is 3.82. The van der Waals surface area contributed by atoms with Gasteiger partial charge in [0.2, 0.25) is 0 Å². The minimum absolute atomic E-state index is 0. The fraction of sp³-hybridized carbons (Fsp3) is 0.714. The molecule has 0 aromatic heterocycles. The van der Waals surface area contributed by atoms with Crippen LogP contribution in [-0.4, -0.2) is 19.6 Å². The molecule has 1 aliphatic rings. The molecule has 0 unspecified atom stereocenters. The first-order valence-corrected chi connectivity index (χ1v) is 6.97. The topological polar surface area (TPSA) is 49.4 Å². The highest BCUT2D eigenvalue weighted by atomic mass is 16.2. The van der Waals surface area contributed by atoms with Crippen LogP contribution in [0.25, 0.3) is 0 Å². The minimum atomic E-state index is -0.334. The maximum Gasteiger partial charge on any atom is 0.253 e. The molecular weight excluding hydrogens is 228 g/mol. The fourth-order valence-corrected chi connectivity index (χ4v) is 2.47. The predicted molar refractivity (Wildman–Crippen MR) is 77.5 cm³/mol. The summed E-state index contributed by atoms with van der Waals surface area (Å²) in [5.74, 6) is 0.726. The predicted octanol–water partition coefficient (Wildman–Crippen LogP) is 1.98. The molecule has 0 amide bonds. The third-order valence-corrected chi connectivity index (χ3v) is 3.82. The molecule has 1 N–H and O–H groups in total. The zero-order chi connectivity index (χ0) is 13.1. The summed E-state index contributed by atoms with van der Waals surface area (Å²) in [5, 5.41) is 3.13. The average molecular weight is 252 g/mol. The van der Waals surface area contributed by atoms with Crippen LogP contribution in [0.5, 0.6) is 0 Å². The average Bonchev–Trinajstić information content (AvgIpc) is 2.39.